The van der Waals surface area contributed by atoms with E-state index >= 15 is 0 Å². The van der Waals surface area contributed by atoms with E-state index in [1.165, 1.54) is 4.63 Å². The molecule has 1 aliphatic rings. The van der Waals surface area contributed by atoms with Crippen molar-refractivity contribution in [3.63, 3.8) is 0 Å². The molecule has 1 aliphatic heterocycles. The number of amides is 1. The van der Waals surface area contributed by atoms with E-state index in [9.17, 15) is 9.59 Å². The summed E-state index contributed by atoms with van der Waals surface area (Å²) in [5, 5.41) is 8.22. The maximum Gasteiger partial charge on any atom is 0.257 e. The molecular formula is C20H20N4O2. The Hall–Kier alpha value is -3.02. The number of benzene rings is 1. The highest BCUT2D eigenvalue weighted by Crippen LogP contribution is 2.24. The lowest BCUT2D eigenvalue weighted by Gasteiger charge is -2.31. The summed E-state index contributed by atoms with van der Waals surface area (Å²) in [6.07, 6.45) is 4.58. The molecule has 0 unspecified atom stereocenters. The Kier molecular flexibility index (Phi) is 4.24. The van der Waals surface area contributed by atoms with E-state index in [1.54, 1.807) is 18.5 Å². The highest BCUT2D eigenvalue weighted by Gasteiger charge is 2.29. The summed E-state index contributed by atoms with van der Waals surface area (Å²) < 4.78 is 1.46. The molecular weight excluding hydrogens is 328 g/mol. The van der Waals surface area contributed by atoms with Crippen molar-refractivity contribution < 1.29 is 9.59 Å². The van der Waals surface area contributed by atoms with Crippen molar-refractivity contribution in [2.75, 3.05) is 13.1 Å². The van der Waals surface area contributed by atoms with Crippen molar-refractivity contribution in [1.29, 1.82) is 0 Å². The van der Waals surface area contributed by atoms with Crippen molar-refractivity contribution in [3.8, 4) is 0 Å². The van der Waals surface area contributed by atoms with Gasteiger partial charge in [-0.2, -0.15) is 14.8 Å². The van der Waals surface area contributed by atoms with E-state index in [0.717, 1.165) is 11.1 Å². The quantitative estimate of drug-likeness (QED) is 0.683. The molecule has 1 fully saturated rings. The smallest absolute Gasteiger partial charge is 0.257 e. The van der Waals surface area contributed by atoms with Crippen molar-refractivity contribution in [1.82, 2.24) is 19.7 Å². The largest absolute Gasteiger partial charge is 0.338 e. The molecule has 0 aliphatic carbocycles. The number of hydrogen-bond acceptors (Lipinski definition) is 4. The summed E-state index contributed by atoms with van der Waals surface area (Å²) in [4.78, 5) is 27.3. The molecule has 0 radical (unpaired) electrons. The Morgan fingerprint density at radius 3 is 2.50 bits per heavy atom. The minimum Gasteiger partial charge on any atom is -0.338 e. The first kappa shape index (κ1) is 16.4. The van der Waals surface area contributed by atoms with Gasteiger partial charge < -0.3 is 4.90 Å². The minimum atomic E-state index is -0.0470. The van der Waals surface area contributed by atoms with Crippen molar-refractivity contribution in [2.24, 2.45) is 5.92 Å². The van der Waals surface area contributed by atoms with Gasteiger partial charge in [0.15, 0.2) is 5.78 Å². The molecule has 0 atom stereocenters. The van der Waals surface area contributed by atoms with Gasteiger partial charge >= 0.3 is 0 Å². The van der Waals surface area contributed by atoms with E-state index in [-0.39, 0.29) is 17.6 Å². The molecule has 132 valence electrons. The third-order valence-electron chi connectivity index (χ3n) is 5.02. The molecule has 4 rings (SSSR count). The van der Waals surface area contributed by atoms with E-state index in [0.29, 0.717) is 37.0 Å². The fourth-order valence-electron chi connectivity index (χ4n) is 3.47. The first-order valence-corrected chi connectivity index (χ1v) is 8.82. The Balaban J connectivity index is 1.44. The number of piperidine rings is 1. The van der Waals surface area contributed by atoms with E-state index in [4.69, 9.17) is 0 Å². The number of carbonyl (C=O) groups is 2. The van der Waals surface area contributed by atoms with Crippen LogP contribution in [-0.2, 0) is 0 Å². The standard InChI is InChI=1S/C20H20N4O2/c1-14-4-6-15(7-5-14)19(25)16-8-11-23(12-9-16)20(26)17-13-22-24-18(17)3-2-10-21-24/h2-7,10,13,16H,8-9,11-12H2,1H3. The number of carbonyl (C=O) groups excluding carboxylic acids is 2. The van der Waals surface area contributed by atoms with Gasteiger partial charge in [-0.25, -0.2) is 0 Å². The lowest BCUT2D eigenvalue weighted by Crippen LogP contribution is -2.40. The normalized spacial score (nSPS) is 15.3. The van der Waals surface area contributed by atoms with Crippen molar-refractivity contribution in [2.45, 2.75) is 19.8 Å². The Morgan fingerprint density at radius 2 is 1.77 bits per heavy atom. The number of likely N-dealkylation sites (tertiary alicyclic amines) is 1. The van der Waals surface area contributed by atoms with Gasteiger partial charge in [-0.05, 0) is 31.9 Å². The Labute approximate surface area is 151 Å². The second kappa shape index (κ2) is 6.71. The first-order chi connectivity index (χ1) is 12.6. The summed E-state index contributed by atoms with van der Waals surface area (Å²) in [7, 11) is 0. The summed E-state index contributed by atoms with van der Waals surface area (Å²) >= 11 is 0. The zero-order valence-electron chi connectivity index (χ0n) is 14.6. The summed E-state index contributed by atoms with van der Waals surface area (Å²) in [6.45, 7) is 3.17. The van der Waals surface area contributed by atoms with Crippen LogP contribution in [0.2, 0.25) is 0 Å². The lowest BCUT2D eigenvalue weighted by molar-refractivity contribution is 0.0652. The number of hydrogen-bond donors (Lipinski definition) is 0. The second-order valence-corrected chi connectivity index (χ2v) is 6.75. The van der Waals surface area contributed by atoms with E-state index in [2.05, 4.69) is 10.2 Å². The molecule has 2 aromatic heterocycles. The van der Waals surface area contributed by atoms with Crippen LogP contribution in [0.4, 0.5) is 0 Å². The minimum absolute atomic E-state index is 0.0210. The average Bonchev–Trinajstić information content (AvgIpc) is 3.12. The van der Waals surface area contributed by atoms with Crippen molar-refractivity contribution >= 4 is 17.2 Å². The topological polar surface area (TPSA) is 67.6 Å². The van der Waals surface area contributed by atoms with Gasteiger partial charge in [0.2, 0.25) is 0 Å². The highest BCUT2D eigenvalue weighted by molar-refractivity contribution is 6.01. The fourth-order valence-corrected chi connectivity index (χ4v) is 3.47. The predicted molar refractivity (Wildman–Crippen MR) is 97.1 cm³/mol. The van der Waals surface area contributed by atoms with Gasteiger partial charge in [-0.3, -0.25) is 9.59 Å². The number of aryl methyl sites for hydroxylation is 1. The molecule has 1 saturated heterocycles. The number of rotatable bonds is 3. The predicted octanol–water partition coefficient (Wildman–Crippen LogP) is 2.77. The molecule has 26 heavy (non-hydrogen) atoms. The molecule has 1 amide bonds. The summed E-state index contributed by atoms with van der Waals surface area (Å²) in [5.41, 5.74) is 3.16. The van der Waals surface area contributed by atoms with Crippen LogP contribution < -0.4 is 0 Å². The maximum absolute atomic E-state index is 12.8. The number of fused-ring (bicyclic) bond motifs is 1. The first-order valence-electron chi connectivity index (χ1n) is 8.82. The van der Waals surface area contributed by atoms with Crippen LogP contribution >= 0.6 is 0 Å². The molecule has 3 heterocycles. The van der Waals surface area contributed by atoms with Gasteiger partial charge in [0.25, 0.3) is 5.91 Å². The van der Waals surface area contributed by atoms with Gasteiger partial charge in [0.1, 0.15) is 5.52 Å². The summed E-state index contributed by atoms with van der Waals surface area (Å²) in [5.74, 6) is 0.110. The third kappa shape index (κ3) is 2.98. The molecule has 0 bridgehead atoms. The van der Waals surface area contributed by atoms with Gasteiger partial charge in [-0.1, -0.05) is 29.8 Å². The fraction of sp³-hybridized carbons (Fsp3) is 0.300. The zero-order chi connectivity index (χ0) is 18.1. The van der Waals surface area contributed by atoms with Crippen molar-refractivity contribution in [3.05, 3.63) is 65.5 Å². The lowest BCUT2D eigenvalue weighted by atomic mass is 9.88. The maximum atomic E-state index is 12.8. The molecule has 0 saturated carbocycles. The SMILES string of the molecule is Cc1ccc(C(=O)C2CCN(C(=O)c3cnn4ncccc34)CC2)cc1. The van der Waals surface area contributed by atoms with Crippen LogP contribution in [0.15, 0.2) is 48.8 Å². The van der Waals surface area contributed by atoms with Crippen LogP contribution in [0.25, 0.3) is 5.52 Å². The second-order valence-electron chi connectivity index (χ2n) is 6.75. The number of Topliss-reactive ketones (excluding diaryl/α,β-unsaturated/α-hetero) is 1. The molecule has 6 heteroatoms. The number of ketones is 1. The van der Waals surface area contributed by atoms with Crippen LogP contribution in [0, 0.1) is 12.8 Å². The van der Waals surface area contributed by atoms with Crippen LogP contribution in [0.3, 0.4) is 0 Å². The molecule has 6 nitrogen and oxygen atoms in total. The van der Waals surface area contributed by atoms with Gasteiger partial charge in [0, 0.05) is 30.8 Å². The van der Waals surface area contributed by atoms with Gasteiger partial charge in [0.05, 0.1) is 11.8 Å². The number of nitrogens with zero attached hydrogens (tertiary/aromatic N) is 4. The van der Waals surface area contributed by atoms with Gasteiger partial charge in [-0.15, -0.1) is 0 Å². The third-order valence-corrected chi connectivity index (χ3v) is 5.02. The molecule has 1 aromatic carbocycles. The Bertz CT molecular complexity index is 953. The van der Waals surface area contributed by atoms with Crippen LogP contribution in [0.1, 0.15) is 39.1 Å². The van der Waals surface area contributed by atoms with Crippen LogP contribution in [-0.4, -0.2) is 44.5 Å². The van der Waals surface area contributed by atoms with Crippen LogP contribution in [0.5, 0.6) is 0 Å². The molecule has 0 spiro atoms. The summed E-state index contributed by atoms with van der Waals surface area (Å²) in [6, 6.07) is 11.3. The average molecular weight is 348 g/mol. The Morgan fingerprint density at radius 1 is 1.04 bits per heavy atom. The molecule has 3 aromatic rings. The monoisotopic (exact) mass is 348 g/mol. The van der Waals surface area contributed by atoms with E-state index in [1.807, 2.05) is 42.2 Å². The molecule has 0 N–H and O–H groups in total. The highest BCUT2D eigenvalue weighted by atomic mass is 16.2. The number of aromatic nitrogens is 3. The zero-order valence-corrected chi connectivity index (χ0v) is 14.6. The van der Waals surface area contributed by atoms with E-state index < -0.39 is 0 Å².